The third-order valence-electron chi connectivity index (χ3n) is 4.80. The van der Waals surface area contributed by atoms with E-state index in [1.54, 1.807) is 0 Å². The lowest BCUT2D eigenvalue weighted by Crippen LogP contribution is -2.53. The molecule has 0 N–H and O–H groups in total. The summed E-state index contributed by atoms with van der Waals surface area (Å²) in [6.45, 7) is 6.14. The van der Waals surface area contributed by atoms with Gasteiger partial charge in [-0.15, -0.1) is 0 Å². The van der Waals surface area contributed by atoms with Crippen LogP contribution in [0.25, 0.3) is 0 Å². The number of carbonyl (C=O) groups is 1. The Hall–Kier alpha value is -1.17. The summed E-state index contributed by atoms with van der Waals surface area (Å²) in [5, 5.41) is 0.180. The van der Waals surface area contributed by atoms with E-state index in [0.29, 0.717) is 30.7 Å². The van der Waals surface area contributed by atoms with Gasteiger partial charge in [-0.3, -0.25) is 9.69 Å². The zero-order chi connectivity index (χ0) is 16.4. The highest BCUT2D eigenvalue weighted by Gasteiger charge is 2.31. The molecule has 2 fully saturated rings. The van der Waals surface area contributed by atoms with Crippen molar-refractivity contribution in [3.05, 3.63) is 34.6 Å². The minimum absolute atomic E-state index is 0.108. The SMILES string of the molecule is CC1COCCN1C1CCN(C(=O)c2ccc(F)cc2Cl)CC1. The molecule has 1 atom stereocenters. The zero-order valence-corrected chi connectivity index (χ0v) is 14.1. The van der Waals surface area contributed by atoms with E-state index in [1.165, 1.54) is 18.2 Å². The molecule has 1 aromatic rings. The van der Waals surface area contributed by atoms with Crippen molar-refractivity contribution >= 4 is 17.5 Å². The fraction of sp³-hybridized carbons (Fsp3) is 0.588. The van der Waals surface area contributed by atoms with Gasteiger partial charge in [0, 0.05) is 31.7 Å². The average Bonchev–Trinajstić information content (AvgIpc) is 2.55. The number of morpholine rings is 1. The van der Waals surface area contributed by atoms with E-state index in [4.69, 9.17) is 16.3 Å². The number of halogens is 2. The maximum Gasteiger partial charge on any atom is 0.255 e. The molecule has 2 aliphatic heterocycles. The fourth-order valence-electron chi connectivity index (χ4n) is 3.52. The van der Waals surface area contributed by atoms with Gasteiger partial charge in [0.1, 0.15) is 5.82 Å². The number of hydrogen-bond acceptors (Lipinski definition) is 3. The molecule has 2 saturated heterocycles. The van der Waals surface area contributed by atoms with Gasteiger partial charge in [0.25, 0.3) is 5.91 Å². The van der Waals surface area contributed by atoms with Gasteiger partial charge >= 0.3 is 0 Å². The summed E-state index contributed by atoms with van der Waals surface area (Å²) in [6, 6.07) is 4.87. The van der Waals surface area contributed by atoms with Gasteiger partial charge in [-0.05, 0) is 38.0 Å². The van der Waals surface area contributed by atoms with Crippen LogP contribution in [0.15, 0.2) is 18.2 Å². The van der Waals surface area contributed by atoms with E-state index < -0.39 is 5.82 Å². The second-order valence-corrected chi connectivity index (χ2v) is 6.72. The van der Waals surface area contributed by atoms with Crippen LogP contribution in [-0.4, -0.2) is 60.6 Å². The van der Waals surface area contributed by atoms with E-state index in [9.17, 15) is 9.18 Å². The summed E-state index contributed by atoms with van der Waals surface area (Å²) in [7, 11) is 0. The van der Waals surface area contributed by atoms with Crippen LogP contribution >= 0.6 is 11.6 Å². The van der Waals surface area contributed by atoms with Crippen LogP contribution in [0.1, 0.15) is 30.1 Å². The van der Waals surface area contributed by atoms with E-state index in [-0.39, 0.29) is 10.9 Å². The number of hydrogen-bond donors (Lipinski definition) is 0. The summed E-state index contributed by atoms with van der Waals surface area (Å²) < 4.78 is 18.6. The lowest BCUT2D eigenvalue weighted by atomic mass is 10.00. The third-order valence-corrected chi connectivity index (χ3v) is 5.11. The number of ether oxygens (including phenoxy) is 1. The van der Waals surface area contributed by atoms with Crippen LogP contribution in [0.2, 0.25) is 5.02 Å². The molecule has 1 aromatic carbocycles. The number of carbonyl (C=O) groups excluding carboxylic acids is 1. The second-order valence-electron chi connectivity index (χ2n) is 6.31. The summed E-state index contributed by atoms with van der Waals surface area (Å²) in [6.07, 6.45) is 1.91. The second kappa shape index (κ2) is 7.16. The molecule has 0 bridgehead atoms. The molecular formula is C17H22ClFN2O2. The van der Waals surface area contributed by atoms with Crippen molar-refractivity contribution in [2.45, 2.75) is 31.8 Å². The number of amides is 1. The molecule has 0 aliphatic carbocycles. The standard InChI is InChI=1S/C17H22ClFN2O2/c1-12-11-23-9-8-21(12)14-4-6-20(7-5-14)17(22)15-3-2-13(19)10-16(15)18/h2-3,10,12,14H,4-9,11H2,1H3. The zero-order valence-electron chi connectivity index (χ0n) is 13.3. The predicted octanol–water partition coefficient (Wildman–Crippen LogP) is 2.80. The van der Waals surface area contributed by atoms with Crippen LogP contribution in [-0.2, 0) is 4.74 Å². The van der Waals surface area contributed by atoms with Crippen molar-refractivity contribution in [3.63, 3.8) is 0 Å². The van der Waals surface area contributed by atoms with E-state index >= 15 is 0 Å². The predicted molar refractivity (Wildman–Crippen MR) is 87.3 cm³/mol. The third kappa shape index (κ3) is 3.67. The Labute approximate surface area is 141 Å². The highest BCUT2D eigenvalue weighted by atomic mass is 35.5. The number of piperidine rings is 1. The van der Waals surface area contributed by atoms with Crippen LogP contribution in [0.5, 0.6) is 0 Å². The quantitative estimate of drug-likeness (QED) is 0.830. The van der Waals surface area contributed by atoms with Gasteiger partial charge in [-0.1, -0.05) is 11.6 Å². The molecule has 2 aliphatic rings. The van der Waals surface area contributed by atoms with Crippen molar-refractivity contribution in [1.82, 2.24) is 9.80 Å². The van der Waals surface area contributed by atoms with Gasteiger partial charge in [0.05, 0.1) is 23.8 Å². The minimum Gasteiger partial charge on any atom is -0.379 e. The Morgan fingerprint density at radius 2 is 2.04 bits per heavy atom. The lowest BCUT2D eigenvalue weighted by Gasteiger charge is -2.43. The molecule has 6 heteroatoms. The van der Waals surface area contributed by atoms with Gasteiger partial charge in [0.2, 0.25) is 0 Å². The van der Waals surface area contributed by atoms with Gasteiger partial charge in [-0.25, -0.2) is 4.39 Å². The Kier molecular flexibility index (Phi) is 5.19. The molecule has 23 heavy (non-hydrogen) atoms. The van der Waals surface area contributed by atoms with Crippen molar-refractivity contribution in [1.29, 1.82) is 0 Å². The number of nitrogens with zero attached hydrogens (tertiary/aromatic N) is 2. The highest BCUT2D eigenvalue weighted by molar-refractivity contribution is 6.33. The summed E-state index contributed by atoms with van der Waals surface area (Å²) >= 11 is 6.00. The van der Waals surface area contributed by atoms with Crippen LogP contribution < -0.4 is 0 Å². The van der Waals surface area contributed by atoms with E-state index in [2.05, 4.69) is 11.8 Å². The lowest BCUT2D eigenvalue weighted by molar-refractivity contribution is -0.0335. The average molecular weight is 341 g/mol. The van der Waals surface area contributed by atoms with Gasteiger partial charge in [0.15, 0.2) is 0 Å². The molecular weight excluding hydrogens is 319 g/mol. The summed E-state index contributed by atoms with van der Waals surface area (Å²) in [5.74, 6) is -0.532. The normalized spacial score (nSPS) is 24.0. The number of rotatable bonds is 2. The monoisotopic (exact) mass is 340 g/mol. The first kappa shape index (κ1) is 16.7. The van der Waals surface area contributed by atoms with Crippen molar-refractivity contribution in [3.8, 4) is 0 Å². The Balaban J connectivity index is 1.61. The van der Waals surface area contributed by atoms with Gasteiger partial charge < -0.3 is 9.64 Å². The minimum atomic E-state index is -0.424. The number of likely N-dealkylation sites (tertiary alicyclic amines) is 1. The van der Waals surface area contributed by atoms with Crippen LogP contribution in [0.4, 0.5) is 4.39 Å². The Morgan fingerprint density at radius 1 is 1.30 bits per heavy atom. The molecule has 2 heterocycles. The molecule has 1 amide bonds. The molecule has 0 spiro atoms. The molecule has 0 saturated carbocycles. The molecule has 4 nitrogen and oxygen atoms in total. The molecule has 0 aromatic heterocycles. The van der Waals surface area contributed by atoms with Gasteiger partial charge in [-0.2, -0.15) is 0 Å². The van der Waals surface area contributed by atoms with Crippen molar-refractivity contribution in [2.75, 3.05) is 32.8 Å². The topological polar surface area (TPSA) is 32.8 Å². The molecule has 1 unspecified atom stereocenters. The van der Waals surface area contributed by atoms with Crippen LogP contribution in [0, 0.1) is 5.82 Å². The molecule has 0 radical (unpaired) electrons. The Morgan fingerprint density at radius 3 is 2.70 bits per heavy atom. The van der Waals surface area contributed by atoms with Crippen LogP contribution in [0.3, 0.4) is 0 Å². The van der Waals surface area contributed by atoms with E-state index in [0.717, 1.165) is 32.6 Å². The molecule has 3 rings (SSSR count). The first-order valence-electron chi connectivity index (χ1n) is 8.14. The smallest absolute Gasteiger partial charge is 0.255 e. The molecule has 126 valence electrons. The first-order chi connectivity index (χ1) is 11.1. The van der Waals surface area contributed by atoms with Crippen molar-refractivity contribution < 1.29 is 13.9 Å². The maximum atomic E-state index is 13.1. The largest absolute Gasteiger partial charge is 0.379 e. The number of benzene rings is 1. The fourth-order valence-corrected chi connectivity index (χ4v) is 3.76. The summed E-state index contributed by atoms with van der Waals surface area (Å²) in [5.41, 5.74) is 0.381. The maximum absolute atomic E-state index is 13.1. The van der Waals surface area contributed by atoms with E-state index in [1.807, 2.05) is 4.90 Å². The Bertz CT molecular complexity index is 576. The summed E-state index contributed by atoms with van der Waals surface area (Å²) in [4.78, 5) is 16.9. The van der Waals surface area contributed by atoms with Crippen molar-refractivity contribution in [2.24, 2.45) is 0 Å². The first-order valence-corrected chi connectivity index (χ1v) is 8.52. The highest BCUT2D eigenvalue weighted by Crippen LogP contribution is 2.24.